The molecule has 144 valence electrons. The number of carbonyl (C=O) groups excluding carboxylic acids is 2. The molecule has 0 aromatic heterocycles. The van der Waals surface area contributed by atoms with E-state index in [0.717, 1.165) is 24.8 Å². The van der Waals surface area contributed by atoms with Crippen molar-refractivity contribution in [3.8, 4) is 0 Å². The number of carbonyl (C=O) groups is 2. The van der Waals surface area contributed by atoms with Crippen LogP contribution in [0.3, 0.4) is 0 Å². The zero-order valence-corrected chi connectivity index (χ0v) is 16.9. The Morgan fingerprint density at radius 3 is 2.12 bits per heavy atom. The fourth-order valence-corrected chi connectivity index (χ4v) is 3.44. The zero-order valence-electron chi connectivity index (χ0n) is 16.9. The van der Waals surface area contributed by atoms with Crippen LogP contribution in [0.4, 0.5) is 0 Å². The molecule has 1 aromatic rings. The van der Waals surface area contributed by atoms with Gasteiger partial charge in [-0.15, -0.1) is 0 Å². The lowest BCUT2D eigenvalue weighted by Crippen LogP contribution is -2.52. The second kappa shape index (κ2) is 8.34. The summed E-state index contributed by atoms with van der Waals surface area (Å²) in [5.41, 5.74) is 7.91. The van der Waals surface area contributed by atoms with Crippen LogP contribution in [0.15, 0.2) is 24.3 Å². The Kier molecular flexibility index (Phi) is 6.62. The van der Waals surface area contributed by atoms with E-state index in [2.05, 4.69) is 26.0 Å². The van der Waals surface area contributed by atoms with Crippen molar-refractivity contribution in [2.24, 2.45) is 23.0 Å². The first-order chi connectivity index (χ1) is 12.1. The Morgan fingerprint density at radius 1 is 1.12 bits per heavy atom. The number of piperidine rings is 1. The molecule has 1 aliphatic heterocycles. The summed E-state index contributed by atoms with van der Waals surface area (Å²) >= 11 is 0. The van der Waals surface area contributed by atoms with Gasteiger partial charge >= 0.3 is 0 Å². The molecule has 2 rings (SSSR count). The van der Waals surface area contributed by atoms with Gasteiger partial charge in [-0.3, -0.25) is 9.59 Å². The van der Waals surface area contributed by atoms with E-state index in [4.69, 9.17) is 5.73 Å². The molecule has 0 radical (unpaired) electrons. The predicted octanol–water partition coefficient (Wildman–Crippen LogP) is 3.68. The minimum absolute atomic E-state index is 0.000796. The highest BCUT2D eigenvalue weighted by Crippen LogP contribution is 2.25. The third-order valence-electron chi connectivity index (χ3n) is 5.26. The van der Waals surface area contributed by atoms with Crippen LogP contribution in [-0.2, 0) is 11.2 Å². The van der Waals surface area contributed by atoms with Gasteiger partial charge in [0, 0.05) is 24.6 Å². The van der Waals surface area contributed by atoms with E-state index >= 15 is 0 Å². The molecular weight excluding hydrogens is 324 g/mol. The van der Waals surface area contributed by atoms with Crippen LogP contribution in [0, 0.1) is 17.3 Å². The lowest BCUT2D eigenvalue weighted by molar-refractivity contribution is -0.136. The van der Waals surface area contributed by atoms with Gasteiger partial charge in [0.2, 0.25) is 5.91 Å². The second-order valence-electron chi connectivity index (χ2n) is 9.10. The summed E-state index contributed by atoms with van der Waals surface area (Å²) in [4.78, 5) is 27.1. The third-order valence-corrected chi connectivity index (χ3v) is 5.26. The molecule has 1 aromatic carbocycles. The number of nitrogens with two attached hydrogens (primary N) is 1. The first-order valence-electron chi connectivity index (χ1n) is 9.77. The standard InChI is InChI=1S/C22H34N2O2/c1-15(2)14-16-6-8-17(9-7-16)19(25)18-10-12-24(13-11-18)21(26)20(23)22(3,4)5/h6-9,15,18,20H,10-14,23H2,1-5H3/t20-/m1/s1. The monoisotopic (exact) mass is 358 g/mol. The molecule has 0 saturated carbocycles. The molecule has 1 fully saturated rings. The Labute approximate surface area is 158 Å². The van der Waals surface area contributed by atoms with E-state index in [1.54, 1.807) is 0 Å². The topological polar surface area (TPSA) is 63.4 Å². The lowest BCUT2D eigenvalue weighted by Gasteiger charge is -2.36. The van der Waals surface area contributed by atoms with E-state index in [-0.39, 0.29) is 23.0 Å². The van der Waals surface area contributed by atoms with Crippen LogP contribution in [0.5, 0.6) is 0 Å². The van der Waals surface area contributed by atoms with Crippen LogP contribution in [0.25, 0.3) is 0 Å². The molecule has 2 N–H and O–H groups in total. The number of ketones is 1. The van der Waals surface area contributed by atoms with Gasteiger partial charge in [-0.05, 0) is 36.2 Å². The maximum absolute atomic E-state index is 12.8. The molecule has 0 unspecified atom stereocenters. The van der Waals surface area contributed by atoms with Gasteiger partial charge in [-0.2, -0.15) is 0 Å². The van der Waals surface area contributed by atoms with Crippen molar-refractivity contribution in [1.29, 1.82) is 0 Å². The average Bonchev–Trinajstić information content (AvgIpc) is 2.59. The van der Waals surface area contributed by atoms with E-state index < -0.39 is 6.04 Å². The van der Waals surface area contributed by atoms with Gasteiger partial charge in [0.15, 0.2) is 5.78 Å². The first-order valence-corrected chi connectivity index (χ1v) is 9.77. The maximum atomic E-state index is 12.8. The Balaban J connectivity index is 1.93. The summed E-state index contributed by atoms with van der Waals surface area (Å²) in [5, 5.41) is 0. The van der Waals surface area contributed by atoms with Crippen molar-refractivity contribution in [3.63, 3.8) is 0 Å². The van der Waals surface area contributed by atoms with Crippen LogP contribution in [0.2, 0.25) is 0 Å². The molecule has 1 amide bonds. The average molecular weight is 359 g/mol. The number of benzene rings is 1. The van der Waals surface area contributed by atoms with Gasteiger partial charge in [-0.25, -0.2) is 0 Å². The fraction of sp³-hybridized carbons (Fsp3) is 0.636. The number of rotatable bonds is 5. The Morgan fingerprint density at radius 2 is 1.65 bits per heavy atom. The molecule has 1 aliphatic rings. The highest BCUT2D eigenvalue weighted by Gasteiger charge is 2.34. The summed E-state index contributed by atoms with van der Waals surface area (Å²) < 4.78 is 0. The van der Waals surface area contributed by atoms with Crippen LogP contribution in [0.1, 0.15) is 63.4 Å². The van der Waals surface area contributed by atoms with Crippen LogP contribution < -0.4 is 5.73 Å². The summed E-state index contributed by atoms with van der Waals surface area (Å²) in [5.74, 6) is 0.813. The van der Waals surface area contributed by atoms with Crippen molar-refractivity contribution >= 4 is 11.7 Å². The maximum Gasteiger partial charge on any atom is 0.240 e. The highest BCUT2D eigenvalue weighted by molar-refractivity contribution is 5.98. The molecule has 4 heteroatoms. The fourth-order valence-electron chi connectivity index (χ4n) is 3.44. The third kappa shape index (κ3) is 5.16. The first kappa shape index (κ1) is 20.6. The Bertz CT molecular complexity index is 621. The minimum Gasteiger partial charge on any atom is -0.341 e. The van der Waals surface area contributed by atoms with E-state index in [0.29, 0.717) is 19.0 Å². The van der Waals surface area contributed by atoms with Crippen molar-refractivity contribution in [3.05, 3.63) is 35.4 Å². The molecule has 0 aliphatic carbocycles. The smallest absolute Gasteiger partial charge is 0.240 e. The molecule has 0 spiro atoms. The molecule has 1 atom stereocenters. The lowest BCUT2D eigenvalue weighted by atomic mass is 9.85. The minimum atomic E-state index is -0.497. The molecule has 1 heterocycles. The van der Waals surface area contributed by atoms with Crippen molar-refractivity contribution in [1.82, 2.24) is 4.90 Å². The number of Topliss-reactive ketones (excluding diaryl/α,β-unsaturated/α-hetero) is 1. The number of nitrogens with zero attached hydrogens (tertiary/aromatic N) is 1. The van der Waals surface area contributed by atoms with E-state index in [9.17, 15) is 9.59 Å². The quantitative estimate of drug-likeness (QED) is 0.817. The predicted molar refractivity (Wildman–Crippen MR) is 106 cm³/mol. The zero-order chi connectivity index (χ0) is 19.5. The molecule has 4 nitrogen and oxygen atoms in total. The van der Waals surface area contributed by atoms with Gasteiger partial charge < -0.3 is 10.6 Å². The molecule has 0 bridgehead atoms. The summed E-state index contributed by atoms with van der Waals surface area (Å²) in [6.45, 7) is 11.6. The van der Waals surface area contributed by atoms with Crippen LogP contribution in [-0.4, -0.2) is 35.7 Å². The largest absolute Gasteiger partial charge is 0.341 e. The number of amides is 1. The molecule has 26 heavy (non-hydrogen) atoms. The summed E-state index contributed by atoms with van der Waals surface area (Å²) in [6, 6.07) is 7.53. The van der Waals surface area contributed by atoms with Gasteiger partial charge in [0.25, 0.3) is 0 Å². The number of hydrogen-bond acceptors (Lipinski definition) is 3. The SMILES string of the molecule is CC(C)Cc1ccc(C(=O)C2CCN(C(=O)[C@@H](N)C(C)(C)C)CC2)cc1. The number of hydrogen-bond donors (Lipinski definition) is 1. The normalized spacial score (nSPS) is 17.4. The molecular formula is C22H34N2O2. The van der Waals surface area contributed by atoms with Crippen LogP contribution >= 0.6 is 0 Å². The molecule has 1 saturated heterocycles. The van der Waals surface area contributed by atoms with Gasteiger partial charge in [0.05, 0.1) is 6.04 Å². The Hall–Kier alpha value is -1.68. The van der Waals surface area contributed by atoms with Gasteiger partial charge in [-0.1, -0.05) is 58.9 Å². The second-order valence-corrected chi connectivity index (χ2v) is 9.10. The number of likely N-dealkylation sites (tertiary alicyclic amines) is 1. The van der Waals surface area contributed by atoms with Crippen molar-refractivity contribution < 1.29 is 9.59 Å². The highest BCUT2D eigenvalue weighted by atomic mass is 16.2. The van der Waals surface area contributed by atoms with Crippen molar-refractivity contribution in [2.75, 3.05) is 13.1 Å². The van der Waals surface area contributed by atoms with E-state index in [1.165, 1.54) is 5.56 Å². The summed E-state index contributed by atoms with van der Waals surface area (Å²) in [6.07, 6.45) is 2.47. The van der Waals surface area contributed by atoms with Gasteiger partial charge in [0.1, 0.15) is 0 Å². The van der Waals surface area contributed by atoms with Crippen molar-refractivity contribution in [2.45, 2.75) is 59.9 Å². The summed E-state index contributed by atoms with van der Waals surface area (Å²) in [7, 11) is 0. The van der Waals surface area contributed by atoms with E-state index in [1.807, 2.05) is 37.8 Å².